The van der Waals surface area contributed by atoms with Gasteiger partial charge in [0.05, 0.1) is 0 Å². The standard InChI is InChI=1S/C20H27NO3/c1-12-4-17(22)18(23)8-16(12)2-3-21-19(24)20-9-13-5-14(10-20)7-15(6-13)11-20/h4,8,13-15,22-23H,2-3,5-7,9-11H2,1H3,(H,21,24). The first kappa shape index (κ1) is 15.8. The Hall–Kier alpha value is -1.71. The summed E-state index contributed by atoms with van der Waals surface area (Å²) < 4.78 is 0. The van der Waals surface area contributed by atoms with E-state index in [0.29, 0.717) is 13.0 Å². The quantitative estimate of drug-likeness (QED) is 0.743. The third-order valence-corrected chi connectivity index (χ3v) is 6.63. The highest BCUT2D eigenvalue weighted by Crippen LogP contribution is 2.60. The van der Waals surface area contributed by atoms with Crippen LogP contribution in [-0.4, -0.2) is 22.7 Å². The molecule has 4 saturated carbocycles. The van der Waals surface area contributed by atoms with Crippen molar-refractivity contribution in [1.82, 2.24) is 5.32 Å². The fourth-order valence-electron chi connectivity index (χ4n) is 5.88. The number of nitrogens with one attached hydrogen (secondary N) is 1. The second-order valence-electron chi connectivity index (χ2n) is 8.47. The van der Waals surface area contributed by atoms with E-state index in [4.69, 9.17) is 0 Å². The van der Waals surface area contributed by atoms with Gasteiger partial charge in [-0.1, -0.05) is 0 Å². The number of aromatic hydroxyl groups is 2. The molecule has 4 aliphatic rings. The summed E-state index contributed by atoms with van der Waals surface area (Å²) in [4.78, 5) is 12.9. The Balaban J connectivity index is 1.38. The zero-order valence-electron chi connectivity index (χ0n) is 14.3. The number of carbonyl (C=O) groups is 1. The lowest BCUT2D eigenvalue weighted by atomic mass is 9.49. The van der Waals surface area contributed by atoms with Gasteiger partial charge >= 0.3 is 0 Å². The topological polar surface area (TPSA) is 69.6 Å². The number of carbonyl (C=O) groups excluding carboxylic acids is 1. The van der Waals surface area contributed by atoms with E-state index in [9.17, 15) is 15.0 Å². The van der Waals surface area contributed by atoms with Gasteiger partial charge in [-0.15, -0.1) is 0 Å². The maximum atomic E-state index is 12.9. The van der Waals surface area contributed by atoms with Crippen molar-refractivity contribution in [3.63, 3.8) is 0 Å². The molecule has 1 aromatic carbocycles. The Labute approximate surface area is 143 Å². The van der Waals surface area contributed by atoms with Gasteiger partial charge in [0.15, 0.2) is 11.5 Å². The summed E-state index contributed by atoms with van der Waals surface area (Å²) in [7, 11) is 0. The Kier molecular flexibility index (Phi) is 3.74. The second-order valence-corrected chi connectivity index (χ2v) is 8.47. The predicted molar refractivity (Wildman–Crippen MR) is 91.8 cm³/mol. The van der Waals surface area contributed by atoms with Gasteiger partial charge in [0.1, 0.15) is 0 Å². The predicted octanol–water partition coefficient (Wildman–Crippen LogP) is 3.28. The van der Waals surface area contributed by atoms with Crippen LogP contribution in [0.4, 0.5) is 0 Å². The lowest BCUT2D eigenvalue weighted by Gasteiger charge is -2.55. The highest BCUT2D eigenvalue weighted by atomic mass is 16.3. The summed E-state index contributed by atoms with van der Waals surface area (Å²) in [5.74, 6) is 2.40. The van der Waals surface area contributed by atoms with Crippen molar-refractivity contribution in [2.24, 2.45) is 23.2 Å². The summed E-state index contributed by atoms with van der Waals surface area (Å²) >= 11 is 0. The molecule has 4 heteroatoms. The molecular formula is C20H27NO3. The molecule has 0 atom stereocenters. The van der Waals surface area contributed by atoms with Crippen molar-refractivity contribution in [3.8, 4) is 11.5 Å². The molecule has 4 nitrogen and oxygen atoms in total. The van der Waals surface area contributed by atoms with Crippen LogP contribution in [0.1, 0.15) is 49.7 Å². The van der Waals surface area contributed by atoms with Crippen molar-refractivity contribution in [3.05, 3.63) is 23.3 Å². The molecule has 3 N–H and O–H groups in total. The van der Waals surface area contributed by atoms with Crippen molar-refractivity contribution in [1.29, 1.82) is 0 Å². The van der Waals surface area contributed by atoms with Gasteiger partial charge in [-0.25, -0.2) is 0 Å². The fraction of sp³-hybridized carbons (Fsp3) is 0.650. The Bertz CT molecular complexity index is 632. The molecule has 0 unspecified atom stereocenters. The number of benzene rings is 1. The highest BCUT2D eigenvalue weighted by molar-refractivity contribution is 5.83. The molecule has 4 fully saturated rings. The van der Waals surface area contributed by atoms with Crippen LogP contribution in [0.5, 0.6) is 11.5 Å². The number of rotatable bonds is 4. The number of hydrogen-bond acceptors (Lipinski definition) is 3. The van der Waals surface area contributed by atoms with Crippen molar-refractivity contribution in [2.45, 2.75) is 51.9 Å². The molecular weight excluding hydrogens is 302 g/mol. The number of hydrogen-bond donors (Lipinski definition) is 3. The van der Waals surface area contributed by atoms with Gasteiger partial charge in [-0.05, 0) is 92.9 Å². The van der Waals surface area contributed by atoms with Crippen molar-refractivity contribution in [2.75, 3.05) is 6.54 Å². The van der Waals surface area contributed by atoms with E-state index >= 15 is 0 Å². The first-order valence-electron chi connectivity index (χ1n) is 9.25. The molecule has 130 valence electrons. The monoisotopic (exact) mass is 329 g/mol. The molecule has 0 heterocycles. The molecule has 24 heavy (non-hydrogen) atoms. The fourth-order valence-corrected chi connectivity index (χ4v) is 5.88. The first-order chi connectivity index (χ1) is 11.4. The van der Waals surface area contributed by atoms with Gasteiger partial charge in [0.2, 0.25) is 5.91 Å². The molecule has 5 rings (SSSR count). The van der Waals surface area contributed by atoms with Crippen molar-refractivity contribution < 1.29 is 15.0 Å². The van der Waals surface area contributed by atoms with Gasteiger partial charge in [0.25, 0.3) is 0 Å². The molecule has 4 aliphatic carbocycles. The zero-order valence-corrected chi connectivity index (χ0v) is 14.3. The van der Waals surface area contributed by atoms with Gasteiger partial charge in [-0.2, -0.15) is 0 Å². The van der Waals surface area contributed by atoms with E-state index in [2.05, 4.69) is 5.32 Å². The van der Waals surface area contributed by atoms with Crippen LogP contribution in [0.25, 0.3) is 0 Å². The number of phenols is 2. The van der Waals surface area contributed by atoms with Gasteiger partial charge in [0, 0.05) is 12.0 Å². The number of phenolic OH excluding ortho intramolecular Hbond substituents is 2. The average Bonchev–Trinajstić information content (AvgIpc) is 2.50. The molecule has 4 bridgehead atoms. The van der Waals surface area contributed by atoms with Crippen LogP contribution in [0.2, 0.25) is 0 Å². The van der Waals surface area contributed by atoms with Crippen LogP contribution in [0, 0.1) is 30.1 Å². The number of aryl methyl sites for hydroxylation is 1. The molecule has 0 radical (unpaired) electrons. The Morgan fingerprint density at radius 1 is 1.08 bits per heavy atom. The summed E-state index contributed by atoms with van der Waals surface area (Å²) in [5, 5.41) is 22.3. The highest BCUT2D eigenvalue weighted by Gasteiger charge is 2.54. The summed E-state index contributed by atoms with van der Waals surface area (Å²) in [5.41, 5.74) is 1.81. The maximum absolute atomic E-state index is 12.9. The molecule has 1 amide bonds. The maximum Gasteiger partial charge on any atom is 0.226 e. The minimum Gasteiger partial charge on any atom is -0.504 e. The third kappa shape index (κ3) is 2.66. The smallest absolute Gasteiger partial charge is 0.226 e. The number of amides is 1. The second kappa shape index (κ2) is 5.68. The minimum absolute atomic E-state index is 0.0890. The average molecular weight is 329 g/mol. The van der Waals surface area contributed by atoms with Gasteiger partial charge in [-0.3, -0.25) is 4.79 Å². The summed E-state index contributed by atoms with van der Waals surface area (Å²) in [6.07, 6.45) is 7.98. The van der Waals surface area contributed by atoms with E-state index < -0.39 is 0 Å². The SMILES string of the molecule is Cc1cc(O)c(O)cc1CCNC(=O)C12CC3CC(CC(C3)C1)C2. The first-order valence-corrected chi connectivity index (χ1v) is 9.25. The molecule has 1 aromatic rings. The summed E-state index contributed by atoms with van der Waals surface area (Å²) in [6, 6.07) is 3.17. The molecule has 0 aromatic heterocycles. The van der Waals surface area contributed by atoms with E-state index in [0.717, 1.165) is 48.1 Å². The van der Waals surface area contributed by atoms with Gasteiger partial charge < -0.3 is 15.5 Å². The van der Waals surface area contributed by atoms with E-state index in [-0.39, 0.29) is 22.8 Å². The molecule has 0 aliphatic heterocycles. The molecule has 0 spiro atoms. The largest absolute Gasteiger partial charge is 0.504 e. The van der Waals surface area contributed by atoms with E-state index in [1.807, 2.05) is 6.92 Å². The lowest BCUT2D eigenvalue weighted by molar-refractivity contribution is -0.146. The lowest BCUT2D eigenvalue weighted by Crippen LogP contribution is -2.53. The van der Waals surface area contributed by atoms with Crippen molar-refractivity contribution >= 4 is 5.91 Å². The normalized spacial score (nSPS) is 33.6. The molecule has 0 saturated heterocycles. The van der Waals surface area contributed by atoms with Crippen LogP contribution >= 0.6 is 0 Å². The third-order valence-electron chi connectivity index (χ3n) is 6.63. The van der Waals surface area contributed by atoms with Crippen LogP contribution in [-0.2, 0) is 11.2 Å². The van der Waals surface area contributed by atoms with E-state index in [1.54, 1.807) is 12.1 Å². The Morgan fingerprint density at radius 2 is 1.62 bits per heavy atom. The van der Waals surface area contributed by atoms with E-state index in [1.165, 1.54) is 19.3 Å². The summed E-state index contributed by atoms with van der Waals surface area (Å²) in [6.45, 7) is 2.50. The van der Waals surface area contributed by atoms with Crippen LogP contribution in [0.15, 0.2) is 12.1 Å². The van der Waals surface area contributed by atoms with Crippen LogP contribution in [0.3, 0.4) is 0 Å². The van der Waals surface area contributed by atoms with Crippen LogP contribution < -0.4 is 5.32 Å². The minimum atomic E-state index is -0.0963. The Morgan fingerprint density at radius 3 is 2.21 bits per heavy atom. The zero-order chi connectivity index (χ0) is 16.9.